The Morgan fingerprint density at radius 1 is 0.182 bits per heavy atom. The van der Waals surface area contributed by atoms with E-state index in [2.05, 4.69) is 0 Å². The Morgan fingerprint density at radius 3 is 0.364 bits per heavy atom. The third-order valence-electron chi connectivity index (χ3n) is 15.1. The molecule has 4 nitrogen and oxygen atoms in total. The zero-order chi connectivity index (χ0) is 47.6. The molecule has 0 saturated carbocycles. The molecule has 0 bridgehead atoms. The second-order valence-electron chi connectivity index (χ2n) is 21.9. The minimum atomic E-state index is -0.647. The molecule has 0 rings (SSSR count). The molecule has 0 spiro atoms. The van der Waals surface area contributed by atoms with Crippen molar-refractivity contribution in [3.8, 4) is 0 Å². The second kappa shape index (κ2) is 60.1. The van der Waals surface area contributed by atoms with Crippen LogP contribution in [0.3, 0.4) is 0 Å². The van der Waals surface area contributed by atoms with Crippen LogP contribution in [0.25, 0.3) is 0 Å². The van der Waals surface area contributed by atoms with Crippen LogP contribution in [0.5, 0.6) is 0 Å². The van der Waals surface area contributed by atoms with Crippen molar-refractivity contribution in [1.82, 2.24) is 0 Å². The highest BCUT2D eigenvalue weighted by Crippen LogP contribution is 2.20. The lowest BCUT2D eigenvalue weighted by atomic mass is 10.0. The van der Waals surface area contributed by atoms with Gasteiger partial charge in [0, 0.05) is 12.8 Å². The van der Waals surface area contributed by atoms with Gasteiger partial charge in [-0.25, -0.2) is 0 Å². The number of amides is 1. The van der Waals surface area contributed by atoms with Crippen LogP contribution in [0.4, 0.5) is 0 Å². The SMILES string of the molecule is NC(=O)CCCCCCCCCCCCCCCCCCCCCCCCCCCCCCCCCCCCCCCCCCCCCCCCCCCCCCCCCCCCC(=O)O. The Balaban J connectivity index is 3.07. The van der Waals surface area contributed by atoms with Crippen molar-refractivity contribution in [1.29, 1.82) is 0 Å². The normalized spacial score (nSPS) is 11.6. The number of carboxylic acid groups (broad SMARTS) is 1. The van der Waals surface area contributed by atoms with E-state index in [4.69, 9.17) is 10.8 Å². The van der Waals surface area contributed by atoms with Crippen molar-refractivity contribution in [3.63, 3.8) is 0 Å². The number of hydrogen-bond acceptors (Lipinski definition) is 2. The summed E-state index contributed by atoms with van der Waals surface area (Å²) in [6.07, 6.45) is 83.0. The fraction of sp³-hybridized carbons (Fsp3) is 0.968. The van der Waals surface area contributed by atoms with Crippen LogP contribution in [-0.4, -0.2) is 17.0 Å². The van der Waals surface area contributed by atoms with Crippen LogP contribution in [0, 0.1) is 0 Å². The molecule has 0 aliphatic rings. The van der Waals surface area contributed by atoms with Crippen molar-refractivity contribution >= 4 is 11.9 Å². The van der Waals surface area contributed by atoms with Crippen LogP contribution in [0.2, 0.25) is 0 Å². The topological polar surface area (TPSA) is 80.4 Å². The van der Waals surface area contributed by atoms with E-state index in [1.165, 1.54) is 353 Å². The van der Waals surface area contributed by atoms with Gasteiger partial charge in [-0.15, -0.1) is 0 Å². The van der Waals surface area contributed by atoms with Crippen LogP contribution < -0.4 is 5.73 Å². The number of hydrogen-bond donors (Lipinski definition) is 2. The lowest BCUT2D eigenvalue weighted by Crippen LogP contribution is -2.09. The zero-order valence-corrected chi connectivity index (χ0v) is 45.3. The van der Waals surface area contributed by atoms with Gasteiger partial charge >= 0.3 is 5.97 Å². The van der Waals surface area contributed by atoms with E-state index >= 15 is 0 Å². The summed E-state index contributed by atoms with van der Waals surface area (Å²) in [5.74, 6) is -0.795. The van der Waals surface area contributed by atoms with Crippen LogP contribution in [0.15, 0.2) is 0 Å². The molecular weight excluding hydrogens is 807 g/mol. The Hall–Kier alpha value is -1.06. The van der Waals surface area contributed by atoms with Gasteiger partial charge in [-0.2, -0.15) is 0 Å². The van der Waals surface area contributed by atoms with E-state index in [9.17, 15) is 9.59 Å². The number of unbranched alkanes of at least 4 members (excludes halogenated alkanes) is 57. The van der Waals surface area contributed by atoms with E-state index in [0.29, 0.717) is 12.8 Å². The molecule has 0 unspecified atom stereocenters. The average Bonchev–Trinajstić information content (AvgIpc) is 3.30. The van der Waals surface area contributed by atoms with E-state index in [1.807, 2.05) is 0 Å². The second-order valence-corrected chi connectivity index (χ2v) is 21.9. The largest absolute Gasteiger partial charge is 0.481 e. The first-order chi connectivity index (χ1) is 32.6. The molecule has 0 heterocycles. The fourth-order valence-electron chi connectivity index (χ4n) is 10.5. The van der Waals surface area contributed by atoms with Gasteiger partial charge in [0.1, 0.15) is 0 Å². The highest BCUT2D eigenvalue weighted by atomic mass is 16.4. The number of carboxylic acids is 1. The minimum absolute atomic E-state index is 0.148. The Morgan fingerprint density at radius 2 is 0.273 bits per heavy atom. The van der Waals surface area contributed by atoms with Gasteiger partial charge in [0.15, 0.2) is 0 Å². The molecule has 0 fully saturated rings. The maximum atomic E-state index is 10.8. The maximum absolute atomic E-state index is 10.8. The summed E-state index contributed by atoms with van der Waals surface area (Å²) in [6, 6.07) is 0. The smallest absolute Gasteiger partial charge is 0.303 e. The molecule has 3 N–H and O–H groups in total. The lowest BCUT2D eigenvalue weighted by Gasteiger charge is -2.05. The summed E-state index contributed by atoms with van der Waals surface area (Å²) in [6.45, 7) is 0. The summed E-state index contributed by atoms with van der Waals surface area (Å²) >= 11 is 0. The van der Waals surface area contributed by atoms with Crippen molar-refractivity contribution in [3.05, 3.63) is 0 Å². The summed E-state index contributed by atoms with van der Waals surface area (Å²) < 4.78 is 0. The molecule has 0 aromatic rings. The molecule has 66 heavy (non-hydrogen) atoms. The van der Waals surface area contributed by atoms with Gasteiger partial charge in [0.2, 0.25) is 5.91 Å². The Kier molecular flexibility index (Phi) is 59.1. The first kappa shape index (κ1) is 64.9. The predicted molar refractivity (Wildman–Crippen MR) is 294 cm³/mol. The summed E-state index contributed by atoms with van der Waals surface area (Å²) in [5.41, 5.74) is 5.20. The van der Waals surface area contributed by atoms with Crippen LogP contribution in [-0.2, 0) is 9.59 Å². The first-order valence-electron chi connectivity index (χ1n) is 31.1. The van der Waals surface area contributed by atoms with Gasteiger partial charge in [-0.1, -0.05) is 360 Å². The molecule has 0 aromatic heterocycles. The molecular formula is C62H123NO3. The van der Waals surface area contributed by atoms with E-state index in [0.717, 1.165) is 19.3 Å². The molecule has 0 aliphatic heterocycles. The summed E-state index contributed by atoms with van der Waals surface area (Å²) in [5, 5.41) is 8.68. The van der Waals surface area contributed by atoms with Gasteiger partial charge < -0.3 is 10.8 Å². The molecule has 0 aromatic carbocycles. The van der Waals surface area contributed by atoms with Crippen LogP contribution in [0.1, 0.15) is 385 Å². The molecule has 0 atom stereocenters. The van der Waals surface area contributed by atoms with Gasteiger partial charge in [0.05, 0.1) is 0 Å². The monoisotopic (exact) mass is 930 g/mol. The molecule has 4 heteroatoms. The van der Waals surface area contributed by atoms with Crippen molar-refractivity contribution in [2.24, 2.45) is 5.73 Å². The number of aliphatic carboxylic acids is 1. The lowest BCUT2D eigenvalue weighted by molar-refractivity contribution is -0.137. The van der Waals surface area contributed by atoms with Crippen molar-refractivity contribution in [2.45, 2.75) is 385 Å². The third kappa shape index (κ3) is 62.9. The highest BCUT2D eigenvalue weighted by Gasteiger charge is 2.01. The number of nitrogens with two attached hydrogens (primary N) is 1. The molecule has 394 valence electrons. The van der Waals surface area contributed by atoms with Gasteiger partial charge in [-0.3, -0.25) is 9.59 Å². The Bertz CT molecular complexity index is 833. The van der Waals surface area contributed by atoms with E-state index < -0.39 is 5.97 Å². The summed E-state index contributed by atoms with van der Waals surface area (Å²) in [7, 11) is 0. The molecule has 0 aliphatic carbocycles. The number of rotatable bonds is 61. The van der Waals surface area contributed by atoms with E-state index in [-0.39, 0.29) is 5.91 Å². The van der Waals surface area contributed by atoms with Gasteiger partial charge in [-0.05, 0) is 12.8 Å². The quantitative estimate of drug-likeness (QED) is 0.0596. The minimum Gasteiger partial charge on any atom is -0.481 e. The van der Waals surface area contributed by atoms with Crippen LogP contribution >= 0.6 is 0 Å². The standard InChI is InChI=1S/C62H123NO3/c63-61(64)59-57-55-53-51-49-47-45-43-41-39-37-35-33-31-29-27-25-23-21-19-17-15-13-11-9-7-5-3-1-2-4-6-8-10-12-14-16-18-20-22-24-26-28-30-32-34-36-38-40-42-44-46-48-50-52-54-56-58-60-62(65)66/h1-60H2,(H2,63,64)(H,65,66). The molecule has 0 radical (unpaired) electrons. The zero-order valence-electron chi connectivity index (χ0n) is 45.3. The highest BCUT2D eigenvalue weighted by molar-refractivity contribution is 5.73. The average molecular weight is 931 g/mol. The predicted octanol–water partition coefficient (Wildman–Crippen LogP) is 22.0. The van der Waals surface area contributed by atoms with Crippen molar-refractivity contribution in [2.75, 3.05) is 0 Å². The van der Waals surface area contributed by atoms with E-state index in [1.54, 1.807) is 0 Å². The number of carbonyl (C=O) groups is 2. The van der Waals surface area contributed by atoms with Gasteiger partial charge in [0.25, 0.3) is 0 Å². The molecule has 0 saturated heterocycles. The Labute approximate surface area is 415 Å². The maximum Gasteiger partial charge on any atom is 0.303 e. The summed E-state index contributed by atoms with van der Waals surface area (Å²) in [4.78, 5) is 21.3. The third-order valence-corrected chi connectivity index (χ3v) is 15.1. The first-order valence-corrected chi connectivity index (χ1v) is 31.1. The van der Waals surface area contributed by atoms with Crippen molar-refractivity contribution < 1.29 is 14.7 Å². The molecule has 1 amide bonds. The number of primary amides is 1. The number of carbonyl (C=O) groups excluding carboxylic acids is 1. The fourth-order valence-corrected chi connectivity index (χ4v) is 10.5.